The maximum atomic E-state index is 12.5. The molecule has 0 saturated heterocycles. The maximum Gasteiger partial charge on any atom is 0.271 e. The number of carbonyl (C=O) groups excluding carboxylic acids is 2. The highest BCUT2D eigenvalue weighted by Crippen LogP contribution is 2.30. The Bertz CT molecular complexity index is 874. The molecule has 0 aliphatic carbocycles. The number of non-ortho nitro benzene ring substituents is 1. The van der Waals surface area contributed by atoms with Crippen LogP contribution in [0.25, 0.3) is 0 Å². The van der Waals surface area contributed by atoms with Gasteiger partial charge in [-0.1, -0.05) is 18.2 Å². The summed E-state index contributed by atoms with van der Waals surface area (Å²) in [6.45, 7) is 0.886. The van der Waals surface area contributed by atoms with Crippen LogP contribution >= 0.6 is 0 Å². The zero-order valence-corrected chi connectivity index (χ0v) is 13.3. The summed E-state index contributed by atoms with van der Waals surface area (Å²) in [4.78, 5) is 36.6. The van der Waals surface area contributed by atoms with Crippen LogP contribution < -0.4 is 5.32 Å². The second-order valence-corrected chi connectivity index (χ2v) is 6.32. The van der Waals surface area contributed by atoms with E-state index in [0.29, 0.717) is 30.6 Å². The molecule has 2 heterocycles. The zero-order chi connectivity index (χ0) is 17.6. The highest BCUT2D eigenvalue weighted by Gasteiger charge is 2.36. The molecule has 7 nitrogen and oxygen atoms in total. The van der Waals surface area contributed by atoms with E-state index in [1.165, 1.54) is 17.0 Å². The maximum absolute atomic E-state index is 12.5. The first-order valence-corrected chi connectivity index (χ1v) is 8.01. The van der Waals surface area contributed by atoms with E-state index in [-0.39, 0.29) is 23.4 Å². The third-order valence-electron chi connectivity index (χ3n) is 4.71. The monoisotopic (exact) mass is 337 g/mol. The van der Waals surface area contributed by atoms with E-state index in [2.05, 4.69) is 5.32 Å². The van der Waals surface area contributed by atoms with Crippen LogP contribution in [0.3, 0.4) is 0 Å². The number of hydrogen-bond acceptors (Lipinski definition) is 5. The zero-order valence-electron chi connectivity index (χ0n) is 13.3. The summed E-state index contributed by atoms with van der Waals surface area (Å²) in [6.07, 6.45) is 0.660. The van der Waals surface area contributed by atoms with Crippen molar-refractivity contribution in [3.63, 3.8) is 0 Å². The molecule has 0 radical (unpaired) electrons. The summed E-state index contributed by atoms with van der Waals surface area (Å²) in [5, 5.41) is 14.0. The molecule has 1 atom stereocenters. The quantitative estimate of drug-likeness (QED) is 0.528. The fraction of sp³-hybridized carbons (Fsp3) is 0.222. The summed E-state index contributed by atoms with van der Waals surface area (Å²) in [7, 11) is 0. The van der Waals surface area contributed by atoms with Crippen molar-refractivity contribution in [1.82, 2.24) is 4.90 Å². The number of benzene rings is 2. The summed E-state index contributed by atoms with van der Waals surface area (Å²) in [5.41, 5.74) is 2.65. The van der Waals surface area contributed by atoms with Crippen molar-refractivity contribution in [3.8, 4) is 0 Å². The predicted molar refractivity (Wildman–Crippen MR) is 90.6 cm³/mol. The van der Waals surface area contributed by atoms with Crippen molar-refractivity contribution in [2.75, 3.05) is 18.4 Å². The SMILES string of the molecule is O=C1c2ccccc2C(=O)N1CC1CNc2cc([N+](=O)[O-])ccc2C1. The molecule has 126 valence electrons. The molecule has 2 aliphatic rings. The Morgan fingerprint density at radius 3 is 2.44 bits per heavy atom. The Hall–Kier alpha value is -3.22. The van der Waals surface area contributed by atoms with Crippen LogP contribution in [0.2, 0.25) is 0 Å². The Morgan fingerprint density at radius 1 is 1.12 bits per heavy atom. The average molecular weight is 337 g/mol. The van der Waals surface area contributed by atoms with Gasteiger partial charge in [-0.25, -0.2) is 0 Å². The fourth-order valence-corrected chi connectivity index (χ4v) is 3.45. The van der Waals surface area contributed by atoms with Gasteiger partial charge in [0.15, 0.2) is 0 Å². The number of carbonyl (C=O) groups is 2. The van der Waals surface area contributed by atoms with Crippen LogP contribution in [-0.2, 0) is 6.42 Å². The van der Waals surface area contributed by atoms with Crippen molar-refractivity contribution in [3.05, 3.63) is 69.3 Å². The Kier molecular flexibility index (Phi) is 3.49. The van der Waals surface area contributed by atoms with E-state index >= 15 is 0 Å². The van der Waals surface area contributed by atoms with Gasteiger partial charge >= 0.3 is 0 Å². The van der Waals surface area contributed by atoms with Crippen molar-refractivity contribution < 1.29 is 14.5 Å². The molecule has 2 aliphatic heterocycles. The lowest BCUT2D eigenvalue weighted by atomic mass is 9.93. The molecular formula is C18H15N3O4. The first-order chi connectivity index (χ1) is 12.0. The minimum Gasteiger partial charge on any atom is -0.384 e. The van der Waals surface area contributed by atoms with Gasteiger partial charge < -0.3 is 5.32 Å². The molecule has 0 aromatic heterocycles. The second kappa shape index (κ2) is 5.70. The molecular weight excluding hydrogens is 322 g/mol. The van der Waals surface area contributed by atoms with Gasteiger partial charge in [-0.15, -0.1) is 0 Å². The van der Waals surface area contributed by atoms with Gasteiger partial charge in [0, 0.05) is 30.9 Å². The van der Waals surface area contributed by atoms with Gasteiger partial charge in [0.05, 0.1) is 16.1 Å². The number of hydrogen-bond donors (Lipinski definition) is 1. The van der Waals surface area contributed by atoms with E-state index in [0.717, 1.165) is 11.3 Å². The lowest BCUT2D eigenvalue weighted by molar-refractivity contribution is -0.384. The standard InChI is InChI=1S/C18H15N3O4/c22-17-14-3-1-2-4-15(14)18(23)20(17)10-11-7-12-5-6-13(21(24)25)8-16(12)19-9-11/h1-6,8,11,19H,7,9-10H2. The van der Waals surface area contributed by atoms with Gasteiger partial charge in [0.25, 0.3) is 17.5 Å². The largest absolute Gasteiger partial charge is 0.384 e. The molecule has 0 fully saturated rings. The minimum atomic E-state index is -0.424. The van der Waals surface area contributed by atoms with E-state index < -0.39 is 4.92 Å². The Morgan fingerprint density at radius 2 is 1.80 bits per heavy atom. The van der Waals surface area contributed by atoms with E-state index in [9.17, 15) is 19.7 Å². The normalized spacial score (nSPS) is 18.6. The third-order valence-corrected chi connectivity index (χ3v) is 4.71. The fourth-order valence-electron chi connectivity index (χ4n) is 3.45. The van der Waals surface area contributed by atoms with E-state index in [1.54, 1.807) is 30.3 Å². The lowest BCUT2D eigenvalue weighted by Gasteiger charge is -2.28. The Balaban J connectivity index is 1.51. The van der Waals surface area contributed by atoms with Crippen molar-refractivity contribution in [2.45, 2.75) is 6.42 Å². The van der Waals surface area contributed by atoms with Gasteiger partial charge in [0.1, 0.15) is 0 Å². The van der Waals surface area contributed by atoms with Gasteiger partial charge in [-0.05, 0) is 30.0 Å². The third kappa shape index (κ3) is 2.53. The number of nitro groups is 1. The molecule has 0 spiro atoms. The highest BCUT2D eigenvalue weighted by molar-refractivity contribution is 6.21. The summed E-state index contributed by atoms with van der Waals surface area (Å²) >= 11 is 0. The smallest absolute Gasteiger partial charge is 0.271 e. The van der Waals surface area contributed by atoms with E-state index in [4.69, 9.17) is 0 Å². The molecule has 0 saturated carbocycles. The van der Waals surface area contributed by atoms with Crippen molar-refractivity contribution >= 4 is 23.2 Å². The summed E-state index contributed by atoms with van der Waals surface area (Å²) in [6, 6.07) is 11.6. The van der Waals surface area contributed by atoms with Crippen LogP contribution in [0, 0.1) is 16.0 Å². The first kappa shape index (κ1) is 15.3. The number of nitrogens with zero attached hydrogens (tertiary/aromatic N) is 2. The number of anilines is 1. The molecule has 0 bridgehead atoms. The second-order valence-electron chi connectivity index (χ2n) is 6.32. The average Bonchev–Trinajstić information content (AvgIpc) is 2.86. The number of nitro benzene ring substituents is 1. The summed E-state index contributed by atoms with van der Waals surface area (Å²) < 4.78 is 0. The molecule has 1 N–H and O–H groups in total. The minimum absolute atomic E-state index is 0.0463. The number of imide groups is 1. The number of nitrogens with one attached hydrogen (secondary N) is 1. The van der Waals surface area contributed by atoms with E-state index in [1.807, 2.05) is 0 Å². The topological polar surface area (TPSA) is 92.6 Å². The molecule has 2 amide bonds. The molecule has 7 heteroatoms. The highest BCUT2D eigenvalue weighted by atomic mass is 16.6. The van der Waals surface area contributed by atoms with Gasteiger partial charge in [-0.2, -0.15) is 0 Å². The molecule has 25 heavy (non-hydrogen) atoms. The first-order valence-electron chi connectivity index (χ1n) is 8.01. The van der Waals surface area contributed by atoms with Crippen LogP contribution in [0.15, 0.2) is 42.5 Å². The summed E-state index contributed by atoms with van der Waals surface area (Å²) in [5.74, 6) is -0.443. The van der Waals surface area contributed by atoms with Crippen LogP contribution in [0.5, 0.6) is 0 Å². The Labute approximate surface area is 143 Å². The number of rotatable bonds is 3. The predicted octanol–water partition coefficient (Wildman–Crippen LogP) is 2.48. The van der Waals surface area contributed by atoms with Gasteiger partial charge in [0.2, 0.25) is 0 Å². The number of amides is 2. The lowest BCUT2D eigenvalue weighted by Crippen LogP contribution is -2.39. The molecule has 1 unspecified atom stereocenters. The van der Waals surface area contributed by atoms with Crippen molar-refractivity contribution in [2.24, 2.45) is 5.92 Å². The van der Waals surface area contributed by atoms with Crippen molar-refractivity contribution in [1.29, 1.82) is 0 Å². The van der Waals surface area contributed by atoms with Gasteiger partial charge in [-0.3, -0.25) is 24.6 Å². The van der Waals surface area contributed by atoms with Crippen LogP contribution in [0.1, 0.15) is 26.3 Å². The molecule has 2 aromatic carbocycles. The number of fused-ring (bicyclic) bond motifs is 2. The van der Waals surface area contributed by atoms with Crippen LogP contribution in [-0.4, -0.2) is 34.7 Å². The van der Waals surface area contributed by atoms with Crippen LogP contribution in [0.4, 0.5) is 11.4 Å². The molecule has 2 aromatic rings. The molecule has 4 rings (SSSR count).